The van der Waals surface area contributed by atoms with Crippen LogP contribution >= 0.6 is 0 Å². The SMILES string of the molecule is CCCN(CCO)c1ccc(/C=C/C(=O)c2ccc(NC(=O)NCc3ccc(OC)cc3)cc2)cc1. The maximum Gasteiger partial charge on any atom is 0.319 e. The molecule has 0 aliphatic carbocycles. The minimum Gasteiger partial charge on any atom is -0.497 e. The highest BCUT2D eigenvalue weighted by molar-refractivity contribution is 6.07. The summed E-state index contributed by atoms with van der Waals surface area (Å²) >= 11 is 0. The number of nitrogens with one attached hydrogen (secondary N) is 2. The standard InChI is InChI=1S/C29H33N3O4/c1-3-18-32(19-20-33)26-13-4-22(5-14-26)8-17-28(34)24-9-11-25(12-10-24)31-29(35)30-21-23-6-15-27(36-2)16-7-23/h4-17,33H,3,18-21H2,1-2H3,(H2,30,31,35)/b17-8+. The average molecular weight is 488 g/mol. The number of urea groups is 1. The monoisotopic (exact) mass is 487 g/mol. The maximum absolute atomic E-state index is 12.6. The summed E-state index contributed by atoms with van der Waals surface area (Å²) in [6, 6.07) is 21.8. The number of hydrogen-bond acceptors (Lipinski definition) is 5. The van der Waals surface area contributed by atoms with E-state index in [9.17, 15) is 14.7 Å². The zero-order valence-corrected chi connectivity index (χ0v) is 20.7. The van der Waals surface area contributed by atoms with Crippen molar-refractivity contribution >= 4 is 29.3 Å². The van der Waals surface area contributed by atoms with Crippen LogP contribution in [-0.2, 0) is 6.54 Å². The fraction of sp³-hybridized carbons (Fsp3) is 0.241. The number of ketones is 1. The van der Waals surface area contributed by atoms with Gasteiger partial charge in [0.1, 0.15) is 5.75 Å². The summed E-state index contributed by atoms with van der Waals surface area (Å²) < 4.78 is 5.13. The van der Waals surface area contributed by atoms with Crippen molar-refractivity contribution in [2.45, 2.75) is 19.9 Å². The van der Waals surface area contributed by atoms with E-state index in [1.165, 1.54) is 6.08 Å². The predicted octanol–water partition coefficient (Wildman–Crippen LogP) is 5.12. The van der Waals surface area contributed by atoms with Crippen LogP contribution in [0.1, 0.15) is 34.8 Å². The van der Waals surface area contributed by atoms with Crippen LogP contribution in [0.25, 0.3) is 6.08 Å². The number of aliphatic hydroxyl groups excluding tert-OH is 1. The van der Waals surface area contributed by atoms with E-state index in [-0.39, 0.29) is 18.4 Å². The number of hydrogen-bond donors (Lipinski definition) is 3. The molecule has 0 spiro atoms. The van der Waals surface area contributed by atoms with Gasteiger partial charge in [-0.15, -0.1) is 0 Å². The van der Waals surface area contributed by atoms with E-state index >= 15 is 0 Å². The van der Waals surface area contributed by atoms with E-state index in [2.05, 4.69) is 22.5 Å². The van der Waals surface area contributed by atoms with Crippen molar-refractivity contribution in [2.75, 3.05) is 37.0 Å². The van der Waals surface area contributed by atoms with Gasteiger partial charge in [-0.05, 0) is 72.2 Å². The first-order valence-corrected chi connectivity index (χ1v) is 12.0. The summed E-state index contributed by atoms with van der Waals surface area (Å²) in [5.41, 5.74) is 4.05. The highest BCUT2D eigenvalue weighted by Crippen LogP contribution is 2.17. The molecule has 0 fully saturated rings. The number of aliphatic hydroxyl groups is 1. The van der Waals surface area contributed by atoms with Gasteiger partial charge in [0.05, 0.1) is 13.7 Å². The summed E-state index contributed by atoms with van der Waals surface area (Å²) in [4.78, 5) is 26.9. The summed E-state index contributed by atoms with van der Waals surface area (Å²) in [7, 11) is 1.61. The molecule has 0 aliphatic heterocycles. The normalized spacial score (nSPS) is 10.8. The highest BCUT2D eigenvalue weighted by Gasteiger charge is 2.06. The number of anilines is 2. The van der Waals surface area contributed by atoms with Crippen molar-refractivity contribution in [3.8, 4) is 5.75 Å². The molecule has 2 amide bonds. The van der Waals surface area contributed by atoms with E-state index in [4.69, 9.17) is 4.74 Å². The lowest BCUT2D eigenvalue weighted by molar-refractivity contribution is 0.104. The van der Waals surface area contributed by atoms with Gasteiger partial charge in [0, 0.05) is 36.6 Å². The van der Waals surface area contributed by atoms with Gasteiger partial charge < -0.3 is 25.4 Å². The molecule has 0 saturated heterocycles. The van der Waals surface area contributed by atoms with Crippen molar-refractivity contribution in [3.05, 3.63) is 95.6 Å². The minimum atomic E-state index is -0.329. The van der Waals surface area contributed by atoms with Crippen LogP contribution in [0.4, 0.5) is 16.2 Å². The minimum absolute atomic E-state index is 0.110. The number of nitrogens with zero attached hydrogens (tertiary/aromatic N) is 1. The lowest BCUT2D eigenvalue weighted by Gasteiger charge is -2.23. The molecule has 3 N–H and O–H groups in total. The van der Waals surface area contributed by atoms with Gasteiger partial charge in [-0.2, -0.15) is 0 Å². The van der Waals surface area contributed by atoms with Crippen LogP contribution < -0.4 is 20.3 Å². The third kappa shape index (κ3) is 7.99. The Labute approximate surface area is 212 Å². The third-order valence-electron chi connectivity index (χ3n) is 5.59. The first kappa shape index (κ1) is 26.5. The van der Waals surface area contributed by atoms with E-state index in [1.807, 2.05) is 48.5 Å². The third-order valence-corrected chi connectivity index (χ3v) is 5.59. The number of ether oxygens (including phenoxy) is 1. The Morgan fingerprint density at radius 2 is 1.64 bits per heavy atom. The van der Waals surface area contributed by atoms with E-state index < -0.39 is 0 Å². The molecule has 0 aliphatic rings. The summed E-state index contributed by atoms with van der Waals surface area (Å²) in [5.74, 6) is 0.640. The second-order valence-corrected chi connectivity index (χ2v) is 8.23. The smallest absolute Gasteiger partial charge is 0.319 e. The molecule has 3 aromatic rings. The largest absolute Gasteiger partial charge is 0.497 e. The van der Waals surface area contributed by atoms with Gasteiger partial charge in [-0.3, -0.25) is 4.79 Å². The first-order chi connectivity index (χ1) is 17.5. The molecule has 7 nitrogen and oxygen atoms in total. The number of allylic oxidation sites excluding steroid dienone is 1. The van der Waals surface area contributed by atoms with Crippen LogP contribution in [-0.4, -0.2) is 43.7 Å². The fourth-order valence-corrected chi connectivity index (χ4v) is 3.64. The van der Waals surface area contributed by atoms with E-state index in [0.29, 0.717) is 24.3 Å². The summed E-state index contributed by atoms with van der Waals surface area (Å²) in [6.45, 7) is 4.07. The van der Waals surface area contributed by atoms with Gasteiger partial charge in [0.25, 0.3) is 0 Å². The fourth-order valence-electron chi connectivity index (χ4n) is 3.64. The molecule has 3 rings (SSSR count). The van der Waals surface area contributed by atoms with Crippen LogP contribution in [0.15, 0.2) is 78.9 Å². The van der Waals surface area contributed by atoms with Gasteiger partial charge in [-0.1, -0.05) is 37.3 Å². The Morgan fingerprint density at radius 3 is 2.25 bits per heavy atom. The number of rotatable bonds is 12. The van der Waals surface area contributed by atoms with Gasteiger partial charge >= 0.3 is 6.03 Å². The molecule has 7 heteroatoms. The molecule has 0 atom stereocenters. The van der Waals surface area contributed by atoms with Crippen LogP contribution in [0, 0.1) is 0 Å². The first-order valence-electron chi connectivity index (χ1n) is 12.0. The zero-order valence-electron chi connectivity index (χ0n) is 20.7. The average Bonchev–Trinajstić information content (AvgIpc) is 2.91. The molecule has 0 unspecified atom stereocenters. The number of carbonyl (C=O) groups excluding carboxylic acids is 2. The van der Waals surface area contributed by atoms with Crippen molar-refractivity contribution in [1.29, 1.82) is 0 Å². The van der Waals surface area contributed by atoms with Crippen LogP contribution in [0.2, 0.25) is 0 Å². The molecule has 0 aromatic heterocycles. The Balaban J connectivity index is 1.50. The Bertz CT molecular complexity index is 1130. The quantitative estimate of drug-likeness (QED) is 0.244. The second-order valence-electron chi connectivity index (χ2n) is 8.23. The Morgan fingerprint density at radius 1 is 0.944 bits per heavy atom. The Kier molecular flexibility index (Phi) is 10.1. The molecule has 188 valence electrons. The lowest BCUT2D eigenvalue weighted by Crippen LogP contribution is -2.28. The van der Waals surface area contributed by atoms with Crippen molar-refractivity contribution in [3.63, 3.8) is 0 Å². The number of amides is 2. The molecule has 0 radical (unpaired) electrons. The molecule has 0 heterocycles. The van der Waals surface area contributed by atoms with Gasteiger partial charge in [0.2, 0.25) is 0 Å². The predicted molar refractivity (Wildman–Crippen MR) is 145 cm³/mol. The summed E-state index contributed by atoms with van der Waals surface area (Å²) in [5, 5.41) is 14.8. The number of methoxy groups -OCH3 is 1. The molecule has 0 bridgehead atoms. The van der Waals surface area contributed by atoms with Crippen molar-refractivity contribution in [1.82, 2.24) is 5.32 Å². The molecular formula is C29H33N3O4. The van der Waals surface area contributed by atoms with Gasteiger partial charge in [-0.25, -0.2) is 4.79 Å². The van der Waals surface area contributed by atoms with Crippen LogP contribution in [0.3, 0.4) is 0 Å². The molecule has 36 heavy (non-hydrogen) atoms. The maximum atomic E-state index is 12.6. The summed E-state index contributed by atoms with van der Waals surface area (Å²) in [6.07, 6.45) is 4.32. The number of carbonyl (C=O) groups is 2. The van der Waals surface area contributed by atoms with Crippen molar-refractivity contribution in [2.24, 2.45) is 0 Å². The Hall–Kier alpha value is -4.10. The topological polar surface area (TPSA) is 90.9 Å². The molecule has 3 aromatic carbocycles. The second kappa shape index (κ2) is 13.7. The lowest BCUT2D eigenvalue weighted by atomic mass is 10.1. The number of benzene rings is 3. The molecular weight excluding hydrogens is 454 g/mol. The molecule has 0 saturated carbocycles. The van der Waals surface area contributed by atoms with Crippen molar-refractivity contribution < 1.29 is 19.4 Å². The van der Waals surface area contributed by atoms with Crippen LogP contribution in [0.5, 0.6) is 5.75 Å². The zero-order chi connectivity index (χ0) is 25.8. The van der Waals surface area contributed by atoms with E-state index in [0.717, 1.165) is 35.5 Å². The van der Waals surface area contributed by atoms with E-state index in [1.54, 1.807) is 37.5 Å². The highest BCUT2D eigenvalue weighted by atomic mass is 16.5. The van der Waals surface area contributed by atoms with Gasteiger partial charge in [0.15, 0.2) is 5.78 Å².